The van der Waals surface area contributed by atoms with Gasteiger partial charge in [-0.2, -0.15) is 0 Å². The molecule has 0 spiro atoms. The minimum Gasteiger partial charge on any atom is -0.490 e. The first kappa shape index (κ1) is 28.7. The number of aromatic nitrogens is 3. The Bertz CT molecular complexity index is 855. The third-order valence-electron chi connectivity index (χ3n) is 4.78. The highest BCUT2D eigenvalue weighted by Gasteiger charge is 2.13. The highest BCUT2D eigenvalue weighted by Crippen LogP contribution is 2.31. The molecule has 1 heterocycles. The molecule has 1 atom stereocenters. The predicted octanol–water partition coefficient (Wildman–Crippen LogP) is 4.52. The van der Waals surface area contributed by atoms with Crippen LogP contribution in [0, 0.1) is 0 Å². The maximum atomic E-state index is 5.95. The van der Waals surface area contributed by atoms with E-state index >= 15 is 0 Å². The van der Waals surface area contributed by atoms with E-state index in [1.54, 1.807) is 6.33 Å². The number of halogens is 1. The standard InChI is InChI=1S/C24H38N6O2.HI/c1-6-12-25-24(26-13-14-30-18-27-29-23(30)9-4)28-19(5)20-10-11-21(31-15-7-2)22(17-20)32-16-8-3;/h6,10-11,17-19H,1,7-9,12-16H2,2-5H3,(H2,25,26,28);1H. The van der Waals surface area contributed by atoms with Gasteiger partial charge < -0.3 is 24.7 Å². The van der Waals surface area contributed by atoms with Crippen molar-refractivity contribution >= 4 is 29.9 Å². The fraction of sp³-hybridized carbons (Fsp3) is 0.542. The van der Waals surface area contributed by atoms with Crippen LogP contribution in [0.2, 0.25) is 0 Å². The van der Waals surface area contributed by atoms with Crippen molar-refractivity contribution in [1.29, 1.82) is 0 Å². The first-order valence-electron chi connectivity index (χ1n) is 11.5. The van der Waals surface area contributed by atoms with E-state index in [0.29, 0.717) is 26.3 Å². The number of nitrogens with zero attached hydrogens (tertiary/aromatic N) is 4. The van der Waals surface area contributed by atoms with Crippen LogP contribution < -0.4 is 20.1 Å². The summed E-state index contributed by atoms with van der Waals surface area (Å²) in [5.74, 6) is 3.26. The topological polar surface area (TPSA) is 85.6 Å². The van der Waals surface area contributed by atoms with Gasteiger partial charge in [0.1, 0.15) is 12.2 Å². The molecule has 0 amide bonds. The van der Waals surface area contributed by atoms with E-state index < -0.39 is 0 Å². The number of ether oxygens (including phenoxy) is 2. The second-order valence-corrected chi connectivity index (χ2v) is 7.46. The van der Waals surface area contributed by atoms with E-state index in [4.69, 9.17) is 14.5 Å². The van der Waals surface area contributed by atoms with Gasteiger partial charge in [-0.3, -0.25) is 4.99 Å². The van der Waals surface area contributed by atoms with Gasteiger partial charge in [0.25, 0.3) is 0 Å². The Morgan fingerprint density at radius 3 is 2.58 bits per heavy atom. The summed E-state index contributed by atoms with van der Waals surface area (Å²) in [4.78, 5) is 4.72. The summed E-state index contributed by atoms with van der Waals surface area (Å²) in [5, 5.41) is 14.9. The zero-order valence-corrected chi connectivity index (χ0v) is 22.7. The third-order valence-corrected chi connectivity index (χ3v) is 4.78. The van der Waals surface area contributed by atoms with Crippen LogP contribution in [0.5, 0.6) is 11.5 Å². The van der Waals surface area contributed by atoms with E-state index in [-0.39, 0.29) is 30.0 Å². The molecule has 0 saturated heterocycles. The van der Waals surface area contributed by atoms with Gasteiger partial charge in [-0.25, -0.2) is 0 Å². The number of benzene rings is 1. The number of rotatable bonds is 14. The normalized spacial score (nSPS) is 11.9. The number of hydrogen-bond donors (Lipinski definition) is 2. The second-order valence-electron chi connectivity index (χ2n) is 7.46. The van der Waals surface area contributed by atoms with Gasteiger partial charge in [-0.1, -0.05) is 32.9 Å². The Labute approximate surface area is 215 Å². The van der Waals surface area contributed by atoms with Crippen molar-refractivity contribution in [2.75, 3.05) is 26.3 Å². The van der Waals surface area contributed by atoms with Crippen LogP contribution in [0.4, 0.5) is 0 Å². The van der Waals surface area contributed by atoms with Crippen LogP contribution in [-0.4, -0.2) is 47.0 Å². The minimum absolute atomic E-state index is 0. The summed E-state index contributed by atoms with van der Waals surface area (Å²) in [6.45, 7) is 15.4. The Hall–Kier alpha value is -2.30. The lowest BCUT2D eigenvalue weighted by molar-refractivity contribution is 0.268. The third kappa shape index (κ3) is 9.61. The molecule has 1 aromatic carbocycles. The van der Waals surface area contributed by atoms with Crippen LogP contribution in [0.15, 0.2) is 42.2 Å². The SMILES string of the molecule is C=CCNC(=NCCn1cnnc1CC)NC(C)c1ccc(OCCC)c(OCCC)c1.I. The molecule has 2 N–H and O–H groups in total. The first-order chi connectivity index (χ1) is 15.6. The Morgan fingerprint density at radius 1 is 1.18 bits per heavy atom. The Morgan fingerprint density at radius 2 is 1.91 bits per heavy atom. The van der Waals surface area contributed by atoms with Gasteiger partial charge in [0.05, 0.1) is 25.8 Å². The maximum absolute atomic E-state index is 5.95. The van der Waals surface area contributed by atoms with Gasteiger partial charge in [0, 0.05) is 19.5 Å². The molecule has 0 saturated carbocycles. The van der Waals surface area contributed by atoms with Crippen molar-refractivity contribution in [1.82, 2.24) is 25.4 Å². The molecular formula is C24H39IN6O2. The van der Waals surface area contributed by atoms with E-state index in [9.17, 15) is 0 Å². The van der Waals surface area contributed by atoms with Gasteiger partial charge in [0.15, 0.2) is 17.5 Å². The largest absolute Gasteiger partial charge is 0.490 e. The van der Waals surface area contributed by atoms with Gasteiger partial charge >= 0.3 is 0 Å². The molecular weight excluding hydrogens is 531 g/mol. The monoisotopic (exact) mass is 570 g/mol. The van der Waals surface area contributed by atoms with Crippen molar-refractivity contribution in [3.8, 4) is 11.5 Å². The van der Waals surface area contributed by atoms with Crippen molar-refractivity contribution in [3.63, 3.8) is 0 Å². The summed E-state index contributed by atoms with van der Waals surface area (Å²) in [6.07, 6.45) is 6.31. The number of hydrogen-bond acceptors (Lipinski definition) is 5. The summed E-state index contributed by atoms with van der Waals surface area (Å²) in [6, 6.07) is 6.13. The smallest absolute Gasteiger partial charge is 0.192 e. The van der Waals surface area contributed by atoms with Crippen LogP contribution in [-0.2, 0) is 13.0 Å². The first-order valence-corrected chi connectivity index (χ1v) is 11.5. The lowest BCUT2D eigenvalue weighted by atomic mass is 10.1. The number of aryl methyl sites for hydroxylation is 1. The molecule has 8 nitrogen and oxygen atoms in total. The molecule has 2 aromatic rings. The summed E-state index contributed by atoms with van der Waals surface area (Å²) >= 11 is 0. The number of nitrogens with one attached hydrogen (secondary N) is 2. The number of guanidine groups is 1. The molecule has 1 aromatic heterocycles. The predicted molar refractivity (Wildman–Crippen MR) is 145 cm³/mol. The van der Waals surface area contributed by atoms with Crippen molar-refractivity contribution in [3.05, 3.63) is 48.6 Å². The van der Waals surface area contributed by atoms with Crippen LogP contribution >= 0.6 is 24.0 Å². The van der Waals surface area contributed by atoms with E-state index in [0.717, 1.165) is 54.7 Å². The molecule has 0 radical (unpaired) electrons. The van der Waals surface area contributed by atoms with E-state index in [1.807, 2.05) is 22.8 Å². The van der Waals surface area contributed by atoms with Crippen LogP contribution in [0.25, 0.3) is 0 Å². The maximum Gasteiger partial charge on any atom is 0.192 e. The fourth-order valence-corrected chi connectivity index (χ4v) is 3.07. The lowest BCUT2D eigenvalue weighted by Crippen LogP contribution is -2.39. The molecule has 0 aliphatic rings. The molecule has 0 aliphatic carbocycles. The molecule has 0 aliphatic heterocycles. The quantitative estimate of drug-likeness (QED) is 0.150. The van der Waals surface area contributed by atoms with Crippen molar-refractivity contribution < 1.29 is 9.47 Å². The molecule has 2 rings (SSSR count). The Kier molecular flexibility index (Phi) is 14.2. The fourth-order valence-electron chi connectivity index (χ4n) is 3.07. The average Bonchev–Trinajstić information content (AvgIpc) is 3.27. The van der Waals surface area contributed by atoms with Crippen LogP contribution in [0.3, 0.4) is 0 Å². The lowest BCUT2D eigenvalue weighted by Gasteiger charge is -2.20. The summed E-state index contributed by atoms with van der Waals surface area (Å²) < 4.78 is 13.8. The van der Waals surface area contributed by atoms with Gasteiger partial charge in [-0.15, -0.1) is 40.8 Å². The van der Waals surface area contributed by atoms with E-state index in [2.05, 4.69) is 61.2 Å². The zero-order valence-electron chi connectivity index (χ0n) is 20.3. The highest BCUT2D eigenvalue weighted by atomic mass is 127. The number of aliphatic imine (C=N–C) groups is 1. The Balaban J connectivity index is 0.00000544. The van der Waals surface area contributed by atoms with E-state index in [1.165, 1.54) is 0 Å². The van der Waals surface area contributed by atoms with Crippen molar-refractivity contribution in [2.45, 2.75) is 59.5 Å². The molecule has 184 valence electrons. The molecule has 0 fully saturated rings. The zero-order chi connectivity index (χ0) is 23.2. The minimum atomic E-state index is 0. The molecule has 1 unspecified atom stereocenters. The van der Waals surface area contributed by atoms with Gasteiger partial charge in [0.2, 0.25) is 0 Å². The summed E-state index contributed by atoms with van der Waals surface area (Å²) in [5.41, 5.74) is 1.10. The van der Waals surface area contributed by atoms with Gasteiger partial charge in [-0.05, 0) is 37.5 Å². The van der Waals surface area contributed by atoms with Crippen molar-refractivity contribution in [2.24, 2.45) is 4.99 Å². The second kappa shape index (κ2) is 16.3. The molecule has 0 bridgehead atoms. The molecule has 33 heavy (non-hydrogen) atoms. The highest BCUT2D eigenvalue weighted by molar-refractivity contribution is 14.0. The molecule has 9 heteroatoms. The van der Waals surface area contributed by atoms with Crippen LogP contribution in [0.1, 0.15) is 58.0 Å². The average molecular weight is 571 g/mol. The summed E-state index contributed by atoms with van der Waals surface area (Å²) in [7, 11) is 0.